The summed E-state index contributed by atoms with van der Waals surface area (Å²) < 4.78 is 4.62. The molecule has 0 radical (unpaired) electrons. The smallest absolute Gasteiger partial charge is 0.325 e. The van der Waals surface area contributed by atoms with Crippen LogP contribution in [0, 0.1) is 11.3 Å². The third kappa shape index (κ3) is 3.41. The van der Waals surface area contributed by atoms with Crippen molar-refractivity contribution in [2.75, 3.05) is 18.6 Å². The summed E-state index contributed by atoms with van der Waals surface area (Å²) in [7, 11) is 1.34. The van der Waals surface area contributed by atoms with Gasteiger partial charge in [-0.2, -0.15) is 5.26 Å². The molecule has 6 nitrogen and oxygen atoms in total. The third-order valence-electron chi connectivity index (χ3n) is 2.20. The van der Waals surface area contributed by atoms with E-state index in [0.717, 1.165) is 0 Å². The Morgan fingerprint density at radius 3 is 2.65 bits per heavy atom. The van der Waals surface area contributed by atoms with Gasteiger partial charge in [0.1, 0.15) is 18.4 Å². The molecule has 0 spiro atoms. The van der Waals surface area contributed by atoms with E-state index in [2.05, 4.69) is 14.7 Å². The summed E-state index contributed by atoms with van der Waals surface area (Å²) in [5, 5.41) is 8.62. The minimum Gasteiger partial charge on any atom is -0.468 e. The van der Waals surface area contributed by atoms with Crippen LogP contribution in [-0.2, 0) is 9.53 Å². The van der Waals surface area contributed by atoms with Gasteiger partial charge in [0.05, 0.1) is 19.5 Å². The summed E-state index contributed by atoms with van der Waals surface area (Å²) >= 11 is 0. The van der Waals surface area contributed by atoms with E-state index in [1.807, 2.05) is 19.9 Å². The standard InChI is InChI=1S/C11H14N4O2/c1-8(2)15(7-11(16)17-3)10-6-13-9(4-12)5-14-10/h5-6,8H,7H2,1-3H3. The van der Waals surface area contributed by atoms with Crippen LogP contribution >= 0.6 is 0 Å². The van der Waals surface area contributed by atoms with Crippen LogP contribution in [0.3, 0.4) is 0 Å². The first-order valence-corrected chi connectivity index (χ1v) is 5.14. The molecule has 1 aromatic rings. The van der Waals surface area contributed by atoms with Crippen molar-refractivity contribution in [3.8, 4) is 6.07 Å². The van der Waals surface area contributed by atoms with Crippen LogP contribution in [0.15, 0.2) is 12.4 Å². The molecular formula is C11H14N4O2. The highest BCUT2D eigenvalue weighted by atomic mass is 16.5. The molecule has 0 aromatic carbocycles. The van der Waals surface area contributed by atoms with Crippen LogP contribution in [0.5, 0.6) is 0 Å². The molecule has 1 aromatic heterocycles. The lowest BCUT2D eigenvalue weighted by Crippen LogP contribution is -2.36. The molecule has 6 heteroatoms. The molecule has 0 atom stereocenters. The number of nitriles is 1. The normalized spacial score (nSPS) is 9.82. The second-order valence-electron chi connectivity index (χ2n) is 3.67. The summed E-state index contributed by atoms with van der Waals surface area (Å²) in [5.41, 5.74) is 0.246. The molecule has 0 bridgehead atoms. The number of hydrogen-bond acceptors (Lipinski definition) is 6. The summed E-state index contributed by atoms with van der Waals surface area (Å²) in [4.78, 5) is 21.0. The molecule has 0 unspecified atom stereocenters. The van der Waals surface area contributed by atoms with Crippen molar-refractivity contribution in [2.45, 2.75) is 19.9 Å². The summed E-state index contributed by atoms with van der Waals surface area (Å²) in [6, 6.07) is 1.97. The molecule has 17 heavy (non-hydrogen) atoms. The van der Waals surface area contributed by atoms with Crippen molar-refractivity contribution < 1.29 is 9.53 Å². The number of carbonyl (C=O) groups excluding carboxylic acids is 1. The van der Waals surface area contributed by atoms with Crippen molar-refractivity contribution >= 4 is 11.8 Å². The van der Waals surface area contributed by atoms with Gasteiger partial charge in [-0.25, -0.2) is 9.97 Å². The molecule has 1 rings (SSSR count). The molecule has 0 N–H and O–H groups in total. The largest absolute Gasteiger partial charge is 0.468 e. The maximum absolute atomic E-state index is 11.3. The number of methoxy groups -OCH3 is 1. The minimum absolute atomic E-state index is 0.0799. The fraction of sp³-hybridized carbons (Fsp3) is 0.455. The van der Waals surface area contributed by atoms with E-state index >= 15 is 0 Å². The molecular weight excluding hydrogens is 220 g/mol. The first kappa shape index (κ1) is 12.9. The lowest BCUT2D eigenvalue weighted by molar-refractivity contribution is -0.139. The van der Waals surface area contributed by atoms with Crippen molar-refractivity contribution in [1.29, 1.82) is 5.26 Å². The lowest BCUT2D eigenvalue weighted by Gasteiger charge is -2.25. The summed E-state index contributed by atoms with van der Waals surface area (Å²) in [6.45, 7) is 3.97. The number of aromatic nitrogens is 2. The van der Waals surface area contributed by atoms with Gasteiger partial charge in [-0.1, -0.05) is 0 Å². The van der Waals surface area contributed by atoms with E-state index in [1.165, 1.54) is 19.5 Å². The van der Waals surface area contributed by atoms with Crippen LogP contribution in [0.1, 0.15) is 19.5 Å². The Bertz CT molecular complexity index is 422. The number of ether oxygens (including phenoxy) is 1. The van der Waals surface area contributed by atoms with Crippen LogP contribution in [0.2, 0.25) is 0 Å². The molecule has 1 heterocycles. The molecule has 0 fully saturated rings. The zero-order valence-corrected chi connectivity index (χ0v) is 10.0. The van der Waals surface area contributed by atoms with Gasteiger partial charge < -0.3 is 9.64 Å². The van der Waals surface area contributed by atoms with Gasteiger partial charge in [0.25, 0.3) is 0 Å². The van der Waals surface area contributed by atoms with E-state index in [1.54, 1.807) is 4.90 Å². The average Bonchev–Trinajstić information content (AvgIpc) is 2.35. The van der Waals surface area contributed by atoms with Gasteiger partial charge in [-0.15, -0.1) is 0 Å². The highest BCUT2D eigenvalue weighted by molar-refractivity contribution is 5.75. The van der Waals surface area contributed by atoms with Crippen molar-refractivity contribution in [2.24, 2.45) is 0 Å². The highest BCUT2D eigenvalue weighted by Gasteiger charge is 2.16. The molecule has 0 aliphatic rings. The number of carbonyl (C=O) groups is 1. The maximum Gasteiger partial charge on any atom is 0.325 e. The summed E-state index contributed by atoms with van der Waals surface area (Å²) in [6.07, 6.45) is 2.85. The number of hydrogen-bond donors (Lipinski definition) is 0. The lowest BCUT2D eigenvalue weighted by atomic mass is 10.3. The van der Waals surface area contributed by atoms with Gasteiger partial charge in [0.15, 0.2) is 5.69 Å². The van der Waals surface area contributed by atoms with Crippen LogP contribution in [0.25, 0.3) is 0 Å². The van der Waals surface area contributed by atoms with Crippen LogP contribution in [-0.4, -0.2) is 35.6 Å². The van der Waals surface area contributed by atoms with Gasteiger partial charge in [0, 0.05) is 6.04 Å². The molecule has 0 saturated carbocycles. The Morgan fingerprint density at radius 1 is 1.53 bits per heavy atom. The third-order valence-corrected chi connectivity index (χ3v) is 2.20. The second-order valence-corrected chi connectivity index (χ2v) is 3.67. The van der Waals surface area contributed by atoms with Gasteiger partial charge in [-0.05, 0) is 13.8 Å². The minimum atomic E-state index is -0.343. The maximum atomic E-state index is 11.3. The zero-order chi connectivity index (χ0) is 12.8. The van der Waals surface area contributed by atoms with Gasteiger partial charge in [-0.3, -0.25) is 4.79 Å². The average molecular weight is 234 g/mol. The SMILES string of the molecule is COC(=O)CN(c1cnc(C#N)cn1)C(C)C. The fourth-order valence-electron chi connectivity index (χ4n) is 1.26. The Labute approximate surface area is 99.9 Å². The predicted octanol–water partition coefficient (Wildman–Crippen LogP) is 0.736. The Hall–Kier alpha value is -2.16. The predicted molar refractivity (Wildman–Crippen MR) is 61.2 cm³/mol. The van der Waals surface area contributed by atoms with Crippen molar-refractivity contribution in [3.63, 3.8) is 0 Å². The van der Waals surface area contributed by atoms with Crippen LogP contribution in [0.4, 0.5) is 5.82 Å². The second kappa shape index (κ2) is 5.80. The van der Waals surface area contributed by atoms with Crippen LogP contribution < -0.4 is 4.90 Å². The van der Waals surface area contributed by atoms with E-state index < -0.39 is 0 Å². The quantitative estimate of drug-likeness (QED) is 0.715. The highest BCUT2D eigenvalue weighted by Crippen LogP contribution is 2.12. The van der Waals surface area contributed by atoms with E-state index in [-0.39, 0.29) is 24.2 Å². The number of esters is 1. The van der Waals surface area contributed by atoms with E-state index in [0.29, 0.717) is 5.82 Å². The summed E-state index contributed by atoms with van der Waals surface area (Å²) in [5.74, 6) is 0.203. The Morgan fingerprint density at radius 2 is 2.24 bits per heavy atom. The number of nitrogens with zero attached hydrogens (tertiary/aromatic N) is 4. The number of anilines is 1. The van der Waals surface area contributed by atoms with Gasteiger partial charge >= 0.3 is 5.97 Å². The topological polar surface area (TPSA) is 79.1 Å². The first-order chi connectivity index (χ1) is 8.08. The monoisotopic (exact) mass is 234 g/mol. The molecule has 0 amide bonds. The van der Waals surface area contributed by atoms with E-state index in [9.17, 15) is 4.79 Å². The van der Waals surface area contributed by atoms with Crippen molar-refractivity contribution in [1.82, 2.24) is 9.97 Å². The first-order valence-electron chi connectivity index (χ1n) is 5.14. The Balaban J connectivity index is 2.90. The fourth-order valence-corrected chi connectivity index (χ4v) is 1.26. The van der Waals surface area contributed by atoms with Gasteiger partial charge in [0.2, 0.25) is 0 Å². The van der Waals surface area contributed by atoms with E-state index in [4.69, 9.17) is 5.26 Å². The van der Waals surface area contributed by atoms with Crippen molar-refractivity contribution in [3.05, 3.63) is 18.1 Å². The number of rotatable bonds is 4. The molecule has 0 aliphatic carbocycles. The molecule has 90 valence electrons. The zero-order valence-electron chi connectivity index (χ0n) is 10.0. The Kier molecular flexibility index (Phi) is 4.40. The molecule has 0 aliphatic heterocycles. The molecule has 0 saturated heterocycles.